The summed E-state index contributed by atoms with van der Waals surface area (Å²) in [5.41, 5.74) is 0.576. The van der Waals surface area contributed by atoms with E-state index in [9.17, 15) is 4.79 Å². The second-order valence-electron chi connectivity index (χ2n) is 3.95. The fourth-order valence-corrected chi connectivity index (χ4v) is 4.51. The summed E-state index contributed by atoms with van der Waals surface area (Å²) in [5.74, 6) is -0.140. The van der Waals surface area contributed by atoms with Crippen LogP contribution in [0.25, 0.3) is 0 Å². The number of carbonyl (C=O) groups is 1. The first kappa shape index (κ1) is 16.9. The van der Waals surface area contributed by atoms with Crippen LogP contribution in [-0.2, 0) is 4.79 Å². The van der Waals surface area contributed by atoms with Crippen molar-refractivity contribution in [2.24, 2.45) is 0 Å². The normalized spacial score (nSPS) is 12.2. The zero-order chi connectivity index (χ0) is 15.4. The van der Waals surface area contributed by atoms with Crippen LogP contribution in [0.2, 0.25) is 10.0 Å². The van der Waals surface area contributed by atoms with Crippen molar-refractivity contribution in [2.45, 2.75) is 20.9 Å². The van der Waals surface area contributed by atoms with E-state index >= 15 is 0 Å². The maximum atomic E-state index is 12.1. The number of halogens is 2. The van der Waals surface area contributed by atoms with Crippen molar-refractivity contribution in [3.63, 3.8) is 0 Å². The van der Waals surface area contributed by atoms with Gasteiger partial charge in [-0.1, -0.05) is 58.1 Å². The highest BCUT2D eigenvalue weighted by Crippen LogP contribution is 2.31. The number of amides is 1. The van der Waals surface area contributed by atoms with Gasteiger partial charge in [0.2, 0.25) is 5.91 Å². The zero-order valence-electron chi connectivity index (χ0n) is 11.1. The first-order valence-electron chi connectivity index (χ1n) is 5.79. The zero-order valence-corrected chi connectivity index (χ0v) is 15.1. The molecular formula is C12H11Cl2N3OS3. The molecule has 21 heavy (non-hydrogen) atoms. The molecule has 4 nitrogen and oxygen atoms in total. The minimum atomic E-state index is -0.301. The highest BCUT2D eigenvalue weighted by molar-refractivity contribution is 8.03. The fourth-order valence-electron chi connectivity index (χ4n) is 1.40. The average Bonchev–Trinajstić information content (AvgIpc) is 2.85. The molecule has 0 radical (unpaired) electrons. The number of thioether (sulfide) groups is 2. The van der Waals surface area contributed by atoms with Gasteiger partial charge in [-0.05, 0) is 31.4 Å². The second kappa shape index (κ2) is 7.69. The summed E-state index contributed by atoms with van der Waals surface area (Å²) in [5, 5.41) is 11.5. The number of aromatic nitrogens is 2. The largest absolute Gasteiger partial charge is 0.325 e. The van der Waals surface area contributed by atoms with Gasteiger partial charge in [-0.15, -0.1) is 10.2 Å². The molecule has 2 rings (SSSR count). The van der Waals surface area contributed by atoms with E-state index in [1.165, 1.54) is 34.9 Å². The van der Waals surface area contributed by atoms with Gasteiger partial charge >= 0.3 is 0 Å². The lowest BCUT2D eigenvalue weighted by Gasteiger charge is -2.10. The molecule has 9 heteroatoms. The first-order chi connectivity index (χ1) is 9.97. The van der Waals surface area contributed by atoms with E-state index in [4.69, 9.17) is 23.2 Å². The van der Waals surface area contributed by atoms with E-state index < -0.39 is 0 Å². The molecule has 1 aromatic carbocycles. The van der Waals surface area contributed by atoms with E-state index in [2.05, 4.69) is 15.5 Å². The van der Waals surface area contributed by atoms with Gasteiger partial charge in [-0.2, -0.15) is 0 Å². The third-order valence-corrected chi connectivity index (χ3v) is 5.86. The Balaban J connectivity index is 1.98. The van der Waals surface area contributed by atoms with Crippen LogP contribution in [-0.4, -0.2) is 27.6 Å². The number of rotatable bonds is 5. The van der Waals surface area contributed by atoms with Crippen molar-refractivity contribution >= 4 is 69.7 Å². The Labute approximate surface area is 145 Å². The molecular weight excluding hydrogens is 369 g/mol. The molecule has 0 aliphatic heterocycles. The van der Waals surface area contributed by atoms with Crippen molar-refractivity contribution < 1.29 is 4.79 Å². The highest BCUT2D eigenvalue weighted by Gasteiger charge is 2.17. The monoisotopic (exact) mass is 379 g/mol. The molecule has 0 saturated carbocycles. The molecule has 0 saturated heterocycles. The van der Waals surface area contributed by atoms with Crippen LogP contribution in [0.3, 0.4) is 0 Å². The quantitative estimate of drug-likeness (QED) is 0.763. The maximum absolute atomic E-state index is 12.1. The third-order valence-electron chi connectivity index (χ3n) is 2.34. The van der Waals surface area contributed by atoms with E-state index in [0.717, 1.165) is 8.68 Å². The molecule has 0 spiro atoms. The van der Waals surface area contributed by atoms with E-state index in [1.807, 2.05) is 13.2 Å². The number of hydrogen-bond donors (Lipinski definition) is 1. The van der Waals surface area contributed by atoms with Crippen LogP contribution in [0, 0.1) is 0 Å². The number of nitrogens with zero attached hydrogens (tertiary/aromatic N) is 2. The van der Waals surface area contributed by atoms with Gasteiger partial charge in [0.15, 0.2) is 8.68 Å². The minimum Gasteiger partial charge on any atom is -0.325 e. The van der Waals surface area contributed by atoms with Gasteiger partial charge in [0.25, 0.3) is 0 Å². The maximum Gasteiger partial charge on any atom is 0.237 e. The van der Waals surface area contributed by atoms with Gasteiger partial charge in [-0.3, -0.25) is 4.79 Å². The van der Waals surface area contributed by atoms with Crippen molar-refractivity contribution in [3.8, 4) is 0 Å². The van der Waals surface area contributed by atoms with Gasteiger partial charge in [0, 0.05) is 15.7 Å². The second-order valence-corrected chi connectivity index (χ2v) is 8.44. The molecule has 0 unspecified atom stereocenters. The van der Waals surface area contributed by atoms with Crippen molar-refractivity contribution in [2.75, 3.05) is 11.6 Å². The number of anilines is 1. The Kier molecular flexibility index (Phi) is 6.19. The van der Waals surface area contributed by atoms with Crippen LogP contribution >= 0.6 is 58.1 Å². The predicted octanol–water partition coefficient (Wildman–Crippen LogP) is 4.69. The summed E-state index contributed by atoms with van der Waals surface area (Å²) < 4.78 is 1.65. The summed E-state index contributed by atoms with van der Waals surface area (Å²) >= 11 is 16.2. The average molecular weight is 380 g/mol. The number of hydrogen-bond acceptors (Lipinski definition) is 6. The lowest BCUT2D eigenvalue weighted by molar-refractivity contribution is -0.115. The van der Waals surface area contributed by atoms with Gasteiger partial charge in [-0.25, -0.2) is 0 Å². The van der Waals surface area contributed by atoms with E-state index in [-0.39, 0.29) is 11.2 Å². The Morgan fingerprint density at radius 2 is 1.86 bits per heavy atom. The van der Waals surface area contributed by atoms with Crippen LogP contribution in [0.15, 0.2) is 26.9 Å². The summed E-state index contributed by atoms with van der Waals surface area (Å²) in [7, 11) is 0. The fraction of sp³-hybridized carbons (Fsp3) is 0.250. The lowest BCUT2D eigenvalue weighted by Crippen LogP contribution is -2.22. The Morgan fingerprint density at radius 3 is 2.43 bits per heavy atom. The predicted molar refractivity (Wildman–Crippen MR) is 92.1 cm³/mol. The standard InChI is InChI=1S/C12H11Cl2N3OS3/c1-6(20-12-17-16-11(19-2)21-12)10(18)15-9-4-7(13)3-8(14)5-9/h3-6H,1-2H3,(H,15,18)/t6-/m1/s1. The topological polar surface area (TPSA) is 54.9 Å². The molecule has 0 bridgehead atoms. The molecule has 112 valence electrons. The van der Waals surface area contributed by atoms with E-state index in [1.54, 1.807) is 18.2 Å². The van der Waals surface area contributed by atoms with Crippen LogP contribution in [0.1, 0.15) is 6.92 Å². The summed E-state index contributed by atoms with van der Waals surface area (Å²) in [6.45, 7) is 1.81. The summed E-state index contributed by atoms with van der Waals surface area (Å²) in [6, 6.07) is 4.92. The molecule has 1 amide bonds. The minimum absolute atomic E-state index is 0.140. The summed E-state index contributed by atoms with van der Waals surface area (Å²) in [4.78, 5) is 12.1. The van der Waals surface area contributed by atoms with Gasteiger partial charge < -0.3 is 5.32 Å². The van der Waals surface area contributed by atoms with Crippen molar-refractivity contribution in [3.05, 3.63) is 28.2 Å². The molecule has 2 aromatic rings. The van der Waals surface area contributed by atoms with Gasteiger partial charge in [0.1, 0.15) is 0 Å². The molecule has 1 N–H and O–H groups in total. The Morgan fingerprint density at radius 1 is 1.24 bits per heavy atom. The molecule has 0 aliphatic carbocycles. The van der Waals surface area contributed by atoms with Crippen LogP contribution < -0.4 is 5.32 Å². The molecule has 0 aliphatic rings. The SMILES string of the molecule is CSc1nnc(S[C@H](C)C(=O)Nc2cc(Cl)cc(Cl)c2)s1. The number of carbonyl (C=O) groups excluding carboxylic acids is 1. The van der Waals surface area contributed by atoms with Crippen molar-refractivity contribution in [1.29, 1.82) is 0 Å². The lowest BCUT2D eigenvalue weighted by atomic mass is 10.3. The third kappa shape index (κ3) is 5.03. The number of benzene rings is 1. The van der Waals surface area contributed by atoms with Crippen molar-refractivity contribution in [1.82, 2.24) is 10.2 Å². The Hall–Kier alpha value is -0.470. The highest BCUT2D eigenvalue weighted by atomic mass is 35.5. The Bertz CT molecular complexity index is 630. The number of nitrogens with one attached hydrogen (secondary N) is 1. The first-order valence-corrected chi connectivity index (χ1v) is 9.46. The molecule has 0 fully saturated rings. The smallest absolute Gasteiger partial charge is 0.237 e. The van der Waals surface area contributed by atoms with Crippen LogP contribution in [0.5, 0.6) is 0 Å². The van der Waals surface area contributed by atoms with Gasteiger partial charge in [0.05, 0.1) is 5.25 Å². The molecule has 1 aromatic heterocycles. The summed E-state index contributed by atoms with van der Waals surface area (Å²) in [6.07, 6.45) is 1.94. The molecule has 1 heterocycles. The van der Waals surface area contributed by atoms with E-state index in [0.29, 0.717) is 15.7 Å². The van der Waals surface area contributed by atoms with Crippen LogP contribution in [0.4, 0.5) is 5.69 Å². The molecule has 1 atom stereocenters.